The number of methoxy groups -OCH3 is 1. The lowest BCUT2D eigenvalue weighted by Crippen LogP contribution is -2.17. The molecule has 0 radical (unpaired) electrons. The average molecular weight is 270 g/mol. The van der Waals surface area contributed by atoms with Crippen LogP contribution in [0.4, 0.5) is 0 Å². The van der Waals surface area contributed by atoms with Crippen molar-refractivity contribution in [2.24, 2.45) is 5.10 Å². The van der Waals surface area contributed by atoms with Gasteiger partial charge in [0.05, 0.1) is 13.3 Å². The standard InChI is InChI=1S/C15H14N2O3/c1-20-13-7-8-14(18)12(9-13)10-16-17-15(19)11-5-3-2-4-6-11/h2-10,18H,1H3,(H,17,19)/b16-10-. The number of carbonyl (C=O) groups excluding carboxylic acids is 1. The minimum atomic E-state index is -0.316. The highest BCUT2D eigenvalue weighted by atomic mass is 16.5. The van der Waals surface area contributed by atoms with Crippen LogP contribution < -0.4 is 10.2 Å². The largest absolute Gasteiger partial charge is 0.507 e. The molecule has 0 saturated heterocycles. The molecule has 5 nitrogen and oxygen atoms in total. The minimum Gasteiger partial charge on any atom is -0.507 e. The zero-order valence-electron chi connectivity index (χ0n) is 10.9. The predicted octanol–water partition coefficient (Wildman–Crippen LogP) is 2.16. The first-order chi connectivity index (χ1) is 9.70. The lowest BCUT2D eigenvalue weighted by Gasteiger charge is -2.03. The fourth-order valence-corrected chi connectivity index (χ4v) is 1.58. The maximum atomic E-state index is 11.7. The van der Waals surface area contributed by atoms with Crippen molar-refractivity contribution in [1.82, 2.24) is 5.43 Å². The second kappa shape index (κ2) is 6.38. The summed E-state index contributed by atoms with van der Waals surface area (Å²) in [6.45, 7) is 0. The van der Waals surface area contributed by atoms with Crippen molar-refractivity contribution >= 4 is 12.1 Å². The van der Waals surface area contributed by atoms with Gasteiger partial charge in [-0.05, 0) is 30.3 Å². The molecule has 2 aromatic rings. The molecular weight excluding hydrogens is 256 g/mol. The summed E-state index contributed by atoms with van der Waals surface area (Å²) >= 11 is 0. The molecule has 2 N–H and O–H groups in total. The van der Waals surface area contributed by atoms with Crippen molar-refractivity contribution in [2.45, 2.75) is 0 Å². The number of phenols is 1. The molecule has 0 atom stereocenters. The minimum absolute atomic E-state index is 0.0588. The zero-order valence-corrected chi connectivity index (χ0v) is 10.9. The highest BCUT2D eigenvalue weighted by Gasteiger charge is 2.03. The maximum absolute atomic E-state index is 11.7. The van der Waals surface area contributed by atoms with Gasteiger partial charge < -0.3 is 9.84 Å². The Hall–Kier alpha value is -2.82. The van der Waals surface area contributed by atoms with Gasteiger partial charge in [0.15, 0.2) is 0 Å². The van der Waals surface area contributed by atoms with E-state index in [2.05, 4.69) is 10.5 Å². The van der Waals surface area contributed by atoms with Crippen LogP contribution in [0.15, 0.2) is 53.6 Å². The topological polar surface area (TPSA) is 70.9 Å². The molecule has 0 saturated carbocycles. The first kappa shape index (κ1) is 13.6. The van der Waals surface area contributed by atoms with Crippen molar-refractivity contribution < 1.29 is 14.6 Å². The smallest absolute Gasteiger partial charge is 0.271 e. The molecule has 0 fully saturated rings. The van der Waals surface area contributed by atoms with E-state index in [4.69, 9.17) is 4.74 Å². The Bertz CT molecular complexity index is 624. The lowest BCUT2D eigenvalue weighted by atomic mass is 10.2. The molecule has 102 valence electrons. The summed E-state index contributed by atoms with van der Waals surface area (Å²) in [5.41, 5.74) is 3.36. The number of nitrogens with zero attached hydrogens (tertiary/aromatic N) is 1. The van der Waals surface area contributed by atoms with Crippen LogP contribution in [-0.2, 0) is 0 Å². The highest BCUT2D eigenvalue weighted by Crippen LogP contribution is 2.20. The molecule has 5 heteroatoms. The summed E-state index contributed by atoms with van der Waals surface area (Å²) < 4.78 is 5.05. The fourth-order valence-electron chi connectivity index (χ4n) is 1.58. The first-order valence-corrected chi connectivity index (χ1v) is 5.96. The quantitative estimate of drug-likeness (QED) is 0.660. The van der Waals surface area contributed by atoms with Gasteiger partial charge in [0, 0.05) is 11.1 Å². The van der Waals surface area contributed by atoms with E-state index in [9.17, 15) is 9.90 Å². The number of hydrazone groups is 1. The van der Waals surface area contributed by atoms with Crippen LogP contribution in [0.2, 0.25) is 0 Å². The molecule has 0 aliphatic carbocycles. The summed E-state index contributed by atoms with van der Waals surface area (Å²) in [6.07, 6.45) is 1.36. The van der Waals surface area contributed by atoms with Crippen LogP contribution >= 0.6 is 0 Å². The Morgan fingerprint density at radius 2 is 2.00 bits per heavy atom. The molecule has 2 aromatic carbocycles. The Morgan fingerprint density at radius 3 is 2.70 bits per heavy atom. The van der Waals surface area contributed by atoms with Crippen molar-refractivity contribution in [3.05, 3.63) is 59.7 Å². The van der Waals surface area contributed by atoms with Gasteiger partial charge in [-0.2, -0.15) is 5.10 Å². The zero-order chi connectivity index (χ0) is 14.4. The Morgan fingerprint density at radius 1 is 1.25 bits per heavy atom. The molecule has 0 spiro atoms. The number of hydrogen-bond donors (Lipinski definition) is 2. The van der Waals surface area contributed by atoms with E-state index < -0.39 is 0 Å². The van der Waals surface area contributed by atoms with Gasteiger partial charge in [-0.15, -0.1) is 0 Å². The number of rotatable bonds is 4. The van der Waals surface area contributed by atoms with Crippen LogP contribution in [0, 0.1) is 0 Å². The summed E-state index contributed by atoms with van der Waals surface area (Å²) in [5.74, 6) is 0.339. The van der Waals surface area contributed by atoms with Gasteiger partial charge in [0.1, 0.15) is 11.5 Å². The second-order valence-corrected chi connectivity index (χ2v) is 3.99. The molecule has 20 heavy (non-hydrogen) atoms. The van der Waals surface area contributed by atoms with E-state index >= 15 is 0 Å². The Kier molecular flexibility index (Phi) is 4.34. The molecule has 1 amide bonds. The van der Waals surface area contributed by atoms with Crippen LogP contribution in [0.5, 0.6) is 11.5 Å². The molecule has 0 heterocycles. The number of benzene rings is 2. The number of ether oxygens (including phenoxy) is 1. The number of phenolic OH excluding ortho intramolecular Hbond substituents is 1. The second-order valence-electron chi connectivity index (χ2n) is 3.99. The van der Waals surface area contributed by atoms with E-state index in [-0.39, 0.29) is 11.7 Å². The van der Waals surface area contributed by atoms with E-state index in [0.29, 0.717) is 16.9 Å². The normalized spacial score (nSPS) is 10.4. The SMILES string of the molecule is COc1ccc(O)c(/C=N\NC(=O)c2ccccc2)c1. The third-order valence-electron chi connectivity index (χ3n) is 2.64. The van der Waals surface area contributed by atoms with Gasteiger partial charge in [-0.3, -0.25) is 4.79 Å². The number of amides is 1. The van der Waals surface area contributed by atoms with Crippen molar-refractivity contribution in [2.75, 3.05) is 7.11 Å². The van der Waals surface area contributed by atoms with E-state index in [1.807, 2.05) is 6.07 Å². The lowest BCUT2D eigenvalue weighted by molar-refractivity contribution is 0.0955. The van der Waals surface area contributed by atoms with Gasteiger partial charge in [0.25, 0.3) is 5.91 Å². The fraction of sp³-hybridized carbons (Fsp3) is 0.0667. The molecule has 0 aliphatic heterocycles. The molecule has 0 bridgehead atoms. The van der Waals surface area contributed by atoms with Gasteiger partial charge >= 0.3 is 0 Å². The molecule has 2 rings (SSSR count). The Balaban J connectivity index is 2.05. The summed E-state index contributed by atoms with van der Waals surface area (Å²) in [6, 6.07) is 13.5. The van der Waals surface area contributed by atoms with Crippen molar-refractivity contribution in [3.8, 4) is 11.5 Å². The van der Waals surface area contributed by atoms with Crippen LogP contribution in [0.1, 0.15) is 15.9 Å². The van der Waals surface area contributed by atoms with Crippen LogP contribution in [0.3, 0.4) is 0 Å². The van der Waals surface area contributed by atoms with Crippen molar-refractivity contribution in [1.29, 1.82) is 0 Å². The molecule has 0 unspecified atom stereocenters. The van der Waals surface area contributed by atoms with Gasteiger partial charge in [-0.1, -0.05) is 18.2 Å². The average Bonchev–Trinajstić information content (AvgIpc) is 2.50. The Labute approximate surface area is 116 Å². The maximum Gasteiger partial charge on any atom is 0.271 e. The summed E-state index contributed by atoms with van der Waals surface area (Å²) in [7, 11) is 1.53. The van der Waals surface area contributed by atoms with Crippen LogP contribution in [-0.4, -0.2) is 24.3 Å². The first-order valence-electron chi connectivity index (χ1n) is 5.96. The number of aromatic hydroxyl groups is 1. The highest BCUT2D eigenvalue weighted by molar-refractivity contribution is 5.95. The monoisotopic (exact) mass is 270 g/mol. The molecule has 0 aromatic heterocycles. The summed E-state index contributed by atoms with van der Waals surface area (Å²) in [4.78, 5) is 11.7. The van der Waals surface area contributed by atoms with Crippen molar-refractivity contribution in [3.63, 3.8) is 0 Å². The van der Waals surface area contributed by atoms with Crippen LogP contribution in [0.25, 0.3) is 0 Å². The molecule has 0 aliphatic rings. The van der Waals surface area contributed by atoms with Gasteiger partial charge in [0.2, 0.25) is 0 Å². The number of nitrogens with one attached hydrogen (secondary N) is 1. The number of hydrogen-bond acceptors (Lipinski definition) is 4. The number of carbonyl (C=O) groups is 1. The third-order valence-corrected chi connectivity index (χ3v) is 2.64. The van der Waals surface area contributed by atoms with E-state index in [1.165, 1.54) is 19.4 Å². The predicted molar refractivity (Wildman–Crippen MR) is 76.2 cm³/mol. The van der Waals surface area contributed by atoms with Gasteiger partial charge in [-0.25, -0.2) is 5.43 Å². The van der Waals surface area contributed by atoms with E-state index in [1.54, 1.807) is 36.4 Å². The molecular formula is C15H14N2O3. The summed E-state index contributed by atoms with van der Waals surface area (Å²) in [5, 5.41) is 13.5. The third kappa shape index (κ3) is 3.35. The van der Waals surface area contributed by atoms with E-state index in [0.717, 1.165) is 0 Å².